The van der Waals surface area contributed by atoms with Crippen LogP contribution in [0.25, 0.3) is 0 Å². The van der Waals surface area contributed by atoms with Crippen LogP contribution in [0.3, 0.4) is 0 Å². The van der Waals surface area contributed by atoms with E-state index in [1.807, 2.05) is 6.07 Å². The second-order valence-corrected chi connectivity index (χ2v) is 6.04. The third-order valence-corrected chi connectivity index (χ3v) is 4.67. The summed E-state index contributed by atoms with van der Waals surface area (Å²) >= 11 is 6.01. The van der Waals surface area contributed by atoms with E-state index in [1.54, 1.807) is 0 Å². The molecule has 19 heavy (non-hydrogen) atoms. The third kappa shape index (κ3) is 3.07. The number of piperidine rings is 1. The zero-order valence-electron chi connectivity index (χ0n) is 11.4. The number of hydrogen-bond acceptors (Lipinski definition) is 2. The Morgan fingerprint density at radius 2 is 2.21 bits per heavy atom. The topological polar surface area (TPSA) is 16.1 Å². The number of pyridine rings is 1. The molecule has 2 nitrogen and oxygen atoms in total. The lowest BCUT2D eigenvalue weighted by Gasteiger charge is -2.44. The second kappa shape index (κ2) is 6.43. The molecule has 1 aliphatic carbocycles. The van der Waals surface area contributed by atoms with E-state index in [0.29, 0.717) is 5.15 Å². The van der Waals surface area contributed by atoms with Crippen LogP contribution in [0.5, 0.6) is 0 Å². The average Bonchev–Trinajstić information content (AvgIpc) is 2.37. The first-order valence-electron chi connectivity index (χ1n) is 7.16. The summed E-state index contributed by atoms with van der Waals surface area (Å²) in [4.78, 5) is 7.22. The summed E-state index contributed by atoms with van der Waals surface area (Å²) < 4.78 is 0. The fourth-order valence-electron chi connectivity index (χ4n) is 3.65. The zero-order chi connectivity index (χ0) is 12.5. The molecule has 1 aromatic heterocycles. The van der Waals surface area contributed by atoms with Gasteiger partial charge in [-0.05, 0) is 62.7 Å². The van der Waals surface area contributed by atoms with Gasteiger partial charge < -0.3 is 0 Å². The van der Waals surface area contributed by atoms with Crippen LogP contribution in [0.4, 0.5) is 0 Å². The van der Waals surface area contributed by atoms with Crippen molar-refractivity contribution in [3.63, 3.8) is 0 Å². The lowest BCUT2D eigenvalue weighted by Crippen LogP contribution is -2.49. The smallest absolute Gasteiger partial charge is 0.129 e. The van der Waals surface area contributed by atoms with Crippen molar-refractivity contribution < 1.29 is 0 Å². The summed E-state index contributed by atoms with van der Waals surface area (Å²) in [5, 5.41) is 0.647. The fraction of sp³-hybridized carbons (Fsp3) is 0.667. The summed E-state index contributed by atoms with van der Waals surface area (Å²) in [5.74, 6) is 0.795. The number of hydrogen-bond donors (Lipinski definition) is 0. The lowest BCUT2D eigenvalue weighted by molar-refractivity contribution is 0.0846. The lowest BCUT2D eigenvalue weighted by atomic mass is 9.77. The third-order valence-electron chi connectivity index (χ3n) is 4.46. The molecular weight excluding hydrogens is 279 g/mol. The van der Waals surface area contributed by atoms with Gasteiger partial charge in [-0.1, -0.05) is 24.6 Å². The molecule has 2 aliphatic rings. The predicted molar refractivity (Wildman–Crippen MR) is 82.3 cm³/mol. The molecule has 0 spiro atoms. The maximum Gasteiger partial charge on any atom is 0.129 e. The monoisotopic (exact) mass is 300 g/mol. The minimum atomic E-state index is 0. The Labute approximate surface area is 127 Å². The van der Waals surface area contributed by atoms with Gasteiger partial charge in [0.1, 0.15) is 5.15 Å². The minimum absolute atomic E-state index is 0. The molecule has 0 aromatic carbocycles. The molecule has 4 heteroatoms. The number of halogens is 2. The number of aromatic nitrogens is 1. The standard InChI is InChI=1S/C15H21ClN2.ClH/c1-2-7-18-8-3-4-12-9-13-11(10-14(12)18)5-6-15(16)17-13;/h5-6,12,14H,2-4,7-10H2,1H3;1H. The van der Waals surface area contributed by atoms with Gasteiger partial charge in [0.15, 0.2) is 0 Å². The predicted octanol–water partition coefficient (Wildman–Crippen LogP) is 3.75. The quantitative estimate of drug-likeness (QED) is 0.774. The van der Waals surface area contributed by atoms with Crippen LogP contribution in [0.15, 0.2) is 12.1 Å². The van der Waals surface area contributed by atoms with Gasteiger partial charge in [-0.15, -0.1) is 12.4 Å². The molecule has 3 rings (SSSR count). The molecule has 106 valence electrons. The molecule has 2 unspecified atom stereocenters. The zero-order valence-corrected chi connectivity index (χ0v) is 13.0. The summed E-state index contributed by atoms with van der Waals surface area (Å²) in [7, 11) is 0. The van der Waals surface area contributed by atoms with E-state index < -0.39 is 0 Å². The molecule has 2 atom stereocenters. The van der Waals surface area contributed by atoms with E-state index in [0.717, 1.165) is 18.4 Å². The van der Waals surface area contributed by atoms with Crippen molar-refractivity contribution in [3.8, 4) is 0 Å². The van der Waals surface area contributed by atoms with E-state index in [4.69, 9.17) is 11.6 Å². The maximum absolute atomic E-state index is 6.01. The first-order chi connectivity index (χ1) is 8.78. The largest absolute Gasteiger partial charge is 0.300 e. The molecule has 0 bridgehead atoms. The van der Waals surface area contributed by atoms with E-state index in [1.165, 1.54) is 50.0 Å². The van der Waals surface area contributed by atoms with Gasteiger partial charge in [0.2, 0.25) is 0 Å². The van der Waals surface area contributed by atoms with Gasteiger partial charge in [0, 0.05) is 11.7 Å². The van der Waals surface area contributed by atoms with E-state index in [-0.39, 0.29) is 12.4 Å². The fourth-order valence-corrected chi connectivity index (χ4v) is 3.82. The van der Waals surface area contributed by atoms with Crippen LogP contribution in [0.1, 0.15) is 37.4 Å². The molecular formula is C15H22Cl2N2. The van der Waals surface area contributed by atoms with Crippen molar-refractivity contribution in [2.75, 3.05) is 13.1 Å². The first kappa shape index (κ1) is 15.1. The van der Waals surface area contributed by atoms with Crippen molar-refractivity contribution in [3.05, 3.63) is 28.5 Å². The number of nitrogens with zero attached hydrogens (tertiary/aromatic N) is 2. The molecule has 0 amide bonds. The molecule has 2 heterocycles. The second-order valence-electron chi connectivity index (χ2n) is 5.65. The summed E-state index contributed by atoms with van der Waals surface area (Å²) in [6, 6.07) is 4.86. The highest BCUT2D eigenvalue weighted by molar-refractivity contribution is 6.29. The molecule has 0 N–H and O–H groups in total. The molecule has 1 saturated heterocycles. The number of rotatable bonds is 2. The normalized spacial score (nSPS) is 26.2. The molecule has 0 radical (unpaired) electrons. The Balaban J connectivity index is 0.00000133. The highest BCUT2D eigenvalue weighted by Gasteiger charge is 2.35. The van der Waals surface area contributed by atoms with Gasteiger partial charge in [0.05, 0.1) is 0 Å². The van der Waals surface area contributed by atoms with Crippen molar-refractivity contribution in [2.45, 2.75) is 45.1 Å². The molecule has 1 fully saturated rings. The summed E-state index contributed by atoms with van der Waals surface area (Å²) in [5.41, 5.74) is 2.67. The number of likely N-dealkylation sites (tertiary alicyclic amines) is 1. The first-order valence-corrected chi connectivity index (χ1v) is 7.54. The van der Waals surface area contributed by atoms with Crippen LogP contribution >= 0.6 is 24.0 Å². The van der Waals surface area contributed by atoms with Crippen molar-refractivity contribution in [1.29, 1.82) is 0 Å². The van der Waals surface area contributed by atoms with E-state index in [9.17, 15) is 0 Å². The Morgan fingerprint density at radius 3 is 3.00 bits per heavy atom. The SMILES string of the molecule is CCCN1CCCC2Cc3nc(Cl)ccc3CC21.Cl. The maximum atomic E-state index is 6.01. The van der Waals surface area contributed by atoms with Gasteiger partial charge in [0.25, 0.3) is 0 Å². The van der Waals surface area contributed by atoms with E-state index >= 15 is 0 Å². The van der Waals surface area contributed by atoms with Gasteiger partial charge >= 0.3 is 0 Å². The average molecular weight is 301 g/mol. The van der Waals surface area contributed by atoms with Crippen LogP contribution < -0.4 is 0 Å². The van der Waals surface area contributed by atoms with Crippen molar-refractivity contribution in [1.82, 2.24) is 9.88 Å². The summed E-state index contributed by atoms with van der Waals surface area (Å²) in [6.07, 6.45) is 6.26. The molecule has 0 saturated carbocycles. The summed E-state index contributed by atoms with van der Waals surface area (Å²) in [6.45, 7) is 4.81. The molecule has 1 aliphatic heterocycles. The Kier molecular flexibility index (Phi) is 5.10. The van der Waals surface area contributed by atoms with Crippen LogP contribution in [0.2, 0.25) is 5.15 Å². The van der Waals surface area contributed by atoms with Gasteiger partial charge in [-0.3, -0.25) is 4.90 Å². The number of fused-ring (bicyclic) bond motifs is 2. The van der Waals surface area contributed by atoms with Crippen LogP contribution in [-0.2, 0) is 12.8 Å². The van der Waals surface area contributed by atoms with Crippen molar-refractivity contribution >= 4 is 24.0 Å². The van der Waals surface area contributed by atoms with Gasteiger partial charge in [-0.2, -0.15) is 0 Å². The van der Waals surface area contributed by atoms with Crippen molar-refractivity contribution in [2.24, 2.45) is 5.92 Å². The van der Waals surface area contributed by atoms with Crippen LogP contribution in [-0.4, -0.2) is 29.0 Å². The Bertz CT molecular complexity index is 434. The Morgan fingerprint density at radius 1 is 1.37 bits per heavy atom. The highest BCUT2D eigenvalue weighted by atomic mass is 35.5. The van der Waals surface area contributed by atoms with E-state index in [2.05, 4.69) is 22.9 Å². The van der Waals surface area contributed by atoms with Gasteiger partial charge in [-0.25, -0.2) is 4.98 Å². The minimum Gasteiger partial charge on any atom is -0.300 e. The highest BCUT2D eigenvalue weighted by Crippen LogP contribution is 2.34. The van der Waals surface area contributed by atoms with Crippen LogP contribution in [0, 0.1) is 5.92 Å². The molecule has 1 aromatic rings. The Hall–Kier alpha value is -0.310.